The number of benzene rings is 1. The molecule has 3 heterocycles. The molecule has 1 aliphatic heterocycles. The predicted octanol–water partition coefficient (Wildman–Crippen LogP) is 3.43. The van der Waals surface area contributed by atoms with Crippen molar-refractivity contribution in [2.24, 2.45) is 0 Å². The Bertz CT molecular complexity index is 777. The van der Waals surface area contributed by atoms with Crippen LogP contribution in [0.1, 0.15) is 18.9 Å². The van der Waals surface area contributed by atoms with Gasteiger partial charge in [-0.05, 0) is 25.0 Å². The first-order chi connectivity index (χ1) is 11.3. The van der Waals surface area contributed by atoms with E-state index in [2.05, 4.69) is 24.6 Å². The van der Waals surface area contributed by atoms with Crippen molar-refractivity contribution < 1.29 is 4.52 Å². The van der Waals surface area contributed by atoms with E-state index in [1.165, 1.54) is 0 Å². The first kappa shape index (κ1) is 14.3. The molecule has 2 aromatic heterocycles. The van der Waals surface area contributed by atoms with Crippen LogP contribution < -0.4 is 4.90 Å². The first-order valence-corrected chi connectivity index (χ1v) is 7.99. The van der Waals surface area contributed by atoms with Crippen molar-refractivity contribution in [1.82, 2.24) is 19.7 Å². The summed E-state index contributed by atoms with van der Waals surface area (Å²) in [6.45, 7) is 1.78. The second-order valence-electron chi connectivity index (χ2n) is 5.64. The van der Waals surface area contributed by atoms with Gasteiger partial charge in [-0.2, -0.15) is 4.98 Å². The Hall–Kier alpha value is -2.34. The fraction of sp³-hybridized carbons (Fsp3) is 0.312. The zero-order valence-electron chi connectivity index (χ0n) is 12.5. The van der Waals surface area contributed by atoms with E-state index in [9.17, 15) is 0 Å². The number of piperidine rings is 1. The highest BCUT2D eigenvalue weighted by Gasteiger charge is 2.24. The van der Waals surface area contributed by atoms with Crippen LogP contribution in [0, 0.1) is 0 Å². The normalized spacial score (nSPS) is 16.0. The fourth-order valence-electron chi connectivity index (χ4n) is 2.93. The molecule has 1 aliphatic rings. The van der Waals surface area contributed by atoms with Gasteiger partial charge in [0.25, 0.3) is 0 Å². The molecule has 7 heteroatoms. The van der Waals surface area contributed by atoms with E-state index >= 15 is 0 Å². The SMILES string of the molecule is Clc1cccc(-c2noc(N3CCC(n4ccnc4)CC3)n2)c1. The van der Waals surface area contributed by atoms with Crippen LogP contribution in [0.25, 0.3) is 11.4 Å². The Labute approximate surface area is 138 Å². The summed E-state index contributed by atoms with van der Waals surface area (Å²) in [5.74, 6) is 0.569. The summed E-state index contributed by atoms with van der Waals surface area (Å²) in [4.78, 5) is 10.8. The van der Waals surface area contributed by atoms with Gasteiger partial charge >= 0.3 is 6.01 Å². The van der Waals surface area contributed by atoms with Crippen molar-refractivity contribution in [1.29, 1.82) is 0 Å². The van der Waals surface area contributed by atoms with E-state index in [1.54, 1.807) is 0 Å². The molecule has 3 aromatic rings. The summed E-state index contributed by atoms with van der Waals surface area (Å²) < 4.78 is 7.60. The zero-order valence-corrected chi connectivity index (χ0v) is 13.2. The number of anilines is 1. The standard InChI is InChI=1S/C16H16ClN5O/c17-13-3-1-2-12(10-13)15-19-16(23-20-15)21-7-4-14(5-8-21)22-9-6-18-11-22/h1-3,6,9-11,14H,4-5,7-8H2. The van der Waals surface area contributed by atoms with E-state index in [0.29, 0.717) is 22.9 Å². The molecule has 0 amide bonds. The maximum Gasteiger partial charge on any atom is 0.324 e. The summed E-state index contributed by atoms with van der Waals surface area (Å²) in [7, 11) is 0. The lowest BCUT2D eigenvalue weighted by Crippen LogP contribution is -2.34. The zero-order chi connectivity index (χ0) is 15.6. The number of rotatable bonds is 3. The molecule has 0 spiro atoms. The molecule has 0 radical (unpaired) electrons. The van der Waals surface area contributed by atoms with Gasteiger partial charge in [0.1, 0.15) is 0 Å². The molecule has 0 atom stereocenters. The maximum absolute atomic E-state index is 6.01. The molecule has 0 N–H and O–H groups in total. The molecule has 0 aliphatic carbocycles. The van der Waals surface area contributed by atoms with Crippen LogP contribution in [0.2, 0.25) is 5.02 Å². The lowest BCUT2D eigenvalue weighted by molar-refractivity contribution is 0.360. The maximum atomic E-state index is 6.01. The van der Waals surface area contributed by atoms with Crippen molar-refractivity contribution >= 4 is 17.6 Å². The van der Waals surface area contributed by atoms with Gasteiger partial charge in [0.05, 0.1) is 6.33 Å². The van der Waals surface area contributed by atoms with Crippen molar-refractivity contribution in [3.63, 3.8) is 0 Å². The quantitative estimate of drug-likeness (QED) is 0.736. The molecular weight excluding hydrogens is 314 g/mol. The highest BCUT2D eigenvalue weighted by Crippen LogP contribution is 2.27. The highest BCUT2D eigenvalue weighted by atomic mass is 35.5. The van der Waals surface area contributed by atoms with Crippen molar-refractivity contribution in [3.05, 3.63) is 48.0 Å². The molecule has 1 fully saturated rings. The summed E-state index contributed by atoms with van der Waals surface area (Å²) in [6, 6.07) is 8.53. The molecule has 23 heavy (non-hydrogen) atoms. The Morgan fingerprint density at radius 1 is 1.22 bits per heavy atom. The largest absolute Gasteiger partial charge is 0.334 e. The molecule has 118 valence electrons. The van der Waals surface area contributed by atoms with Crippen molar-refractivity contribution in [2.75, 3.05) is 18.0 Å². The summed E-state index contributed by atoms with van der Waals surface area (Å²) >= 11 is 6.01. The molecule has 6 nitrogen and oxygen atoms in total. The highest BCUT2D eigenvalue weighted by molar-refractivity contribution is 6.30. The number of hydrogen-bond donors (Lipinski definition) is 0. The monoisotopic (exact) mass is 329 g/mol. The van der Waals surface area contributed by atoms with Crippen LogP contribution in [-0.4, -0.2) is 32.8 Å². The van der Waals surface area contributed by atoms with Crippen molar-refractivity contribution in [3.8, 4) is 11.4 Å². The molecule has 0 unspecified atom stereocenters. The molecule has 0 bridgehead atoms. The molecule has 4 rings (SSSR count). The van der Waals surface area contributed by atoms with Gasteiger partial charge in [0.2, 0.25) is 5.82 Å². The van der Waals surface area contributed by atoms with E-state index < -0.39 is 0 Å². The number of aromatic nitrogens is 4. The van der Waals surface area contributed by atoms with Crippen LogP contribution in [0.4, 0.5) is 6.01 Å². The molecule has 1 aromatic carbocycles. The summed E-state index contributed by atoms with van der Waals surface area (Å²) in [5.41, 5.74) is 0.862. The first-order valence-electron chi connectivity index (χ1n) is 7.61. The number of imidazole rings is 1. The predicted molar refractivity (Wildman–Crippen MR) is 87.5 cm³/mol. The smallest absolute Gasteiger partial charge is 0.324 e. The number of nitrogens with zero attached hydrogens (tertiary/aromatic N) is 5. The summed E-state index contributed by atoms with van der Waals surface area (Å²) in [5, 5.41) is 4.73. The van der Waals surface area contributed by atoms with Gasteiger partial charge in [-0.1, -0.05) is 28.9 Å². The Morgan fingerprint density at radius 3 is 2.83 bits per heavy atom. The van der Waals surface area contributed by atoms with Gasteiger partial charge in [0, 0.05) is 42.1 Å². The fourth-order valence-corrected chi connectivity index (χ4v) is 3.12. The van der Waals surface area contributed by atoms with Gasteiger partial charge < -0.3 is 14.0 Å². The second-order valence-corrected chi connectivity index (χ2v) is 6.08. The van der Waals surface area contributed by atoms with Crippen LogP contribution in [0.3, 0.4) is 0 Å². The summed E-state index contributed by atoms with van der Waals surface area (Å²) in [6.07, 6.45) is 7.78. The van der Waals surface area contributed by atoms with Gasteiger partial charge in [-0.25, -0.2) is 4.98 Å². The van der Waals surface area contributed by atoms with Crippen LogP contribution >= 0.6 is 11.6 Å². The van der Waals surface area contributed by atoms with Crippen LogP contribution in [0.5, 0.6) is 0 Å². The minimum absolute atomic E-state index is 0.490. The average Bonchev–Trinajstić information content (AvgIpc) is 3.27. The Balaban J connectivity index is 1.46. The second kappa shape index (κ2) is 6.04. The number of halogens is 1. The van der Waals surface area contributed by atoms with Crippen molar-refractivity contribution in [2.45, 2.75) is 18.9 Å². The van der Waals surface area contributed by atoms with E-state index in [-0.39, 0.29) is 0 Å². The average molecular weight is 330 g/mol. The lowest BCUT2D eigenvalue weighted by Gasteiger charge is -2.31. The topological polar surface area (TPSA) is 60.0 Å². The molecular formula is C16H16ClN5O. The Kier molecular flexibility index (Phi) is 3.75. The minimum Gasteiger partial charge on any atom is -0.334 e. The van der Waals surface area contributed by atoms with Gasteiger partial charge in [-0.3, -0.25) is 0 Å². The molecule has 1 saturated heterocycles. The van der Waals surface area contributed by atoms with Gasteiger partial charge in [-0.15, -0.1) is 0 Å². The van der Waals surface area contributed by atoms with Crippen LogP contribution in [0.15, 0.2) is 47.5 Å². The molecule has 0 saturated carbocycles. The van der Waals surface area contributed by atoms with Crippen LogP contribution in [-0.2, 0) is 0 Å². The van der Waals surface area contributed by atoms with Gasteiger partial charge in [0.15, 0.2) is 0 Å². The van der Waals surface area contributed by atoms with E-state index in [0.717, 1.165) is 31.5 Å². The third-order valence-electron chi connectivity index (χ3n) is 4.18. The Morgan fingerprint density at radius 2 is 2.09 bits per heavy atom. The van der Waals surface area contributed by atoms with E-state index in [4.69, 9.17) is 16.1 Å². The minimum atomic E-state index is 0.490. The third-order valence-corrected chi connectivity index (χ3v) is 4.41. The number of hydrogen-bond acceptors (Lipinski definition) is 5. The lowest BCUT2D eigenvalue weighted by atomic mass is 10.1. The van der Waals surface area contributed by atoms with E-state index in [1.807, 2.05) is 43.0 Å². The third kappa shape index (κ3) is 2.94.